The van der Waals surface area contributed by atoms with Crippen molar-refractivity contribution in [2.75, 3.05) is 0 Å². The van der Waals surface area contributed by atoms with E-state index in [-0.39, 0.29) is 6.04 Å². The maximum absolute atomic E-state index is 6.18. The summed E-state index contributed by atoms with van der Waals surface area (Å²) in [6, 6.07) is 2.20. The van der Waals surface area contributed by atoms with Crippen molar-refractivity contribution < 1.29 is 0 Å². The van der Waals surface area contributed by atoms with Crippen LogP contribution in [0.4, 0.5) is 0 Å². The Morgan fingerprint density at radius 1 is 1.57 bits per heavy atom. The minimum absolute atomic E-state index is 0.163. The summed E-state index contributed by atoms with van der Waals surface area (Å²) >= 11 is 0. The van der Waals surface area contributed by atoms with Gasteiger partial charge in [-0.2, -0.15) is 0 Å². The molecule has 76 valence electrons. The lowest BCUT2D eigenvalue weighted by atomic mass is 9.93. The Hall–Kier alpha value is -0.890. The first-order valence-electron chi connectivity index (χ1n) is 5.27. The highest BCUT2D eigenvalue weighted by Gasteiger charge is 2.38. The van der Waals surface area contributed by atoms with Gasteiger partial charge >= 0.3 is 0 Å². The van der Waals surface area contributed by atoms with Crippen LogP contribution in [0.1, 0.15) is 43.4 Å². The van der Waals surface area contributed by atoms with Crippen LogP contribution in [0.5, 0.6) is 0 Å². The van der Waals surface area contributed by atoms with Crippen molar-refractivity contribution in [2.24, 2.45) is 11.1 Å². The summed E-state index contributed by atoms with van der Waals surface area (Å²) in [4.78, 5) is 4.14. The normalized spacial score (nSPS) is 20.5. The van der Waals surface area contributed by atoms with Gasteiger partial charge in [-0.3, -0.25) is 4.98 Å². The Morgan fingerprint density at radius 3 is 2.86 bits per heavy atom. The van der Waals surface area contributed by atoms with Gasteiger partial charge in [0.1, 0.15) is 0 Å². The van der Waals surface area contributed by atoms with E-state index in [9.17, 15) is 0 Å². The lowest BCUT2D eigenvalue weighted by Gasteiger charge is -2.17. The molecule has 0 saturated heterocycles. The Labute approximate surface area is 85.5 Å². The average Bonchev–Trinajstić information content (AvgIpc) is 2.84. The van der Waals surface area contributed by atoms with Crippen molar-refractivity contribution in [3.05, 3.63) is 29.6 Å². The Bertz CT molecular complexity index is 329. The first kappa shape index (κ1) is 9.66. The topological polar surface area (TPSA) is 38.9 Å². The van der Waals surface area contributed by atoms with Crippen molar-refractivity contribution >= 4 is 0 Å². The van der Waals surface area contributed by atoms with E-state index >= 15 is 0 Å². The zero-order valence-electron chi connectivity index (χ0n) is 8.96. The van der Waals surface area contributed by atoms with E-state index in [1.807, 2.05) is 18.5 Å². The second-order valence-electron chi connectivity index (χ2n) is 4.85. The Balaban J connectivity index is 2.10. The fourth-order valence-electron chi connectivity index (χ4n) is 1.92. The summed E-state index contributed by atoms with van der Waals surface area (Å²) in [6.07, 6.45) is 7.50. The Kier molecular flexibility index (Phi) is 2.31. The molecule has 1 aromatic rings. The molecule has 0 aromatic carbocycles. The number of rotatable bonds is 3. The van der Waals surface area contributed by atoms with Crippen LogP contribution in [0.15, 0.2) is 18.5 Å². The lowest BCUT2D eigenvalue weighted by molar-refractivity contribution is 0.455. The van der Waals surface area contributed by atoms with Crippen LogP contribution in [0, 0.1) is 12.3 Å². The van der Waals surface area contributed by atoms with Crippen LogP contribution in [-0.4, -0.2) is 4.98 Å². The standard InChI is InChI=1S/C12H18N2/c1-9-3-6-14-8-10(9)11(13)7-12(2)4-5-12/h3,6,8,11H,4-5,7,13H2,1-2H3. The molecule has 1 saturated carbocycles. The van der Waals surface area contributed by atoms with Gasteiger partial charge in [0, 0.05) is 18.4 Å². The van der Waals surface area contributed by atoms with Crippen LogP contribution >= 0.6 is 0 Å². The zero-order valence-corrected chi connectivity index (χ0v) is 8.96. The molecule has 2 heteroatoms. The number of nitrogens with two attached hydrogens (primary N) is 1. The molecule has 0 bridgehead atoms. The average molecular weight is 190 g/mol. The second-order valence-corrected chi connectivity index (χ2v) is 4.85. The fourth-order valence-corrected chi connectivity index (χ4v) is 1.92. The fraction of sp³-hybridized carbons (Fsp3) is 0.583. The molecule has 1 aromatic heterocycles. The van der Waals surface area contributed by atoms with Gasteiger partial charge in [0.2, 0.25) is 0 Å². The molecule has 0 amide bonds. The summed E-state index contributed by atoms with van der Waals surface area (Å²) in [6.45, 7) is 4.42. The molecule has 1 heterocycles. The van der Waals surface area contributed by atoms with Gasteiger partial charge in [0.15, 0.2) is 0 Å². The summed E-state index contributed by atoms with van der Waals surface area (Å²) in [5, 5.41) is 0. The summed E-state index contributed by atoms with van der Waals surface area (Å²) < 4.78 is 0. The molecular formula is C12H18N2. The van der Waals surface area contributed by atoms with E-state index in [1.165, 1.54) is 24.0 Å². The van der Waals surface area contributed by atoms with Gasteiger partial charge in [-0.1, -0.05) is 6.92 Å². The maximum Gasteiger partial charge on any atom is 0.0318 e. The van der Waals surface area contributed by atoms with Crippen molar-refractivity contribution in [1.82, 2.24) is 4.98 Å². The van der Waals surface area contributed by atoms with Crippen LogP contribution < -0.4 is 5.73 Å². The first-order valence-corrected chi connectivity index (χ1v) is 5.27. The molecule has 0 spiro atoms. The first-order chi connectivity index (χ1) is 6.61. The van der Waals surface area contributed by atoms with Crippen LogP contribution in [-0.2, 0) is 0 Å². The Morgan fingerprint density at radius 2 is 2.29 bits per heavy atom. The third-order valence-corrected chi connectivity index (χ3v) is 3.30. The molecule has 14 heavy (non-hydrogen) atoms. The van der Waals surface area contributed by atoms with Gasteiger partial charge in [-0.25, -0.2) is 0 Å². The van der Waals surface area contributed by atoms with E-state index in [1.54, 1.807) is 0 Å². The number of hydrogen-bond donors (Lipinski definition) is 1. The third-order valence-electron chi connectivity index (χ3n) is 3.30. The molecule has 2 rings (SSSR count). The van der Waals surface area contributed by atoms with Gasteiger partial charge in [-0.05, 0) is 48.8 Å². The predicted octanol–water partition coefficient (Wildman–Crippen LogP) is 2.58. The maximum atomic E-state index is 6.18. The zero-order chi connectivity index (χ0) is 10.2. The van der Waals surface area contributed by atoms with E-state index in [0.29, 0.717) is 5.41 Å². The van der Waals surface area contributed by atoms with E-state index in [4.69, 9.17) is 5.73 Å². The third kappa shape index (κ3) is 1.95. The molecule has 2 nitrogen and oxygen atoms in total. The van der Waals surface area contributed by atoms with Gasteiger partial charge in [-0.15, -0.1) is 0 Å². The minimum Gasteiger partial charge on any atom is -0.324 e. The number of aryl methyl sites for hydroxylation is 1. The monoisotopic (exact) mass is 190 g/mol. The van der Waals surface area contributed by atoms with Crippen molar-refractivity contribution in [1.29, 1.82) is 0 Å². The summed E-state index contributed by atoms with van der Waals surface area (Å²) in [5.74, 6) is 0. The van der Waals surface area contributed by atoms with Gasteiger partial charge in [0.25, 0.3) is 0 Å². The molecule has 0 aliphatic heterocycles. The predicted molar refractivity (Wildman–Crippen MR) is 57.9 cm³/mol. The molecule has 0 radical (unpaired) electrons. The van der Waals surface area contributed by atoms with Gasteiger partial charge in [0.05, 0.1) is 0 Å². The number of pyridine rings is 1. The molecule has 2 N–H and O–H groups in total. The summed E-state index contributed by atoms with van der Waals surface area (Å²) in [5.41, 5.74) is 9.17. The van der Waals surface area contributed by atoms with Crippen LogP contribution in [0.2, 0.25) is 0 Å². The molecule has 1 atom stereocenters. The number of aromatic nitrogens is 1. The van der Waals surface area contributed by atoms with Gasteiger partial charge < -0.3 is 5.73 Å². The molecule has 1 aliphatic carbocycles. The largest absolute Gasteiger partial charge is 0.324 e. The van der Waals surface area contributed by atoms with E-state index in [0.717, 1.165) is 6.42 Å². The van der Waals surface area contributed by atoms with Crippen molar-refractivity contribution in [2.45, 2.75) is 39.2 Å². The molecule has 1 unspecified atom stereocenters. The lowest BCUT2D eigenvalue weighted by Crippen LogP contribution is -2.15. The second kappa shape index (κ2) is 3.35. The number of nitrogens with zero attached hydrogens (tertiary/aromatic N) is 1. The summed E-state index contributed by atoms with van der Waals surface area (Å²) in [7, 11) is 0. The van der Waals surface area contributed by atoms with E-state index < -0.39 is 0 Å². The molecule has 1 aliphatic rings. The smallest absolute Gasteiger partial charge is 0.0318 e. The quantitative estimate of drug-likeness (QED) is 0.795. The highest BCUT2D eigenvalue weighted by atomic mass is 14.7. The highest BCUT2D eigenvalue weighted by molar-refractivity contribution is 5.25. The molecular weight excluding hydrogens is 172 g/mol. The van der Waals surface area contributed by atoms with Crippen molar-refractivity contribution in [3.8, 4) is 0 Å². The SMILES string of the molecule is Cc1ccncc1C(N)CC1(C)CC1. The highest BCUT2D eigenvalue weighted by Crippen LogP contribution is 2.50. The van der Waals surface area contributed by atoms with E-state index in [2.05, 4.69) is 18.8 Å². The minimum atomic E-state index is 0.163. The number of hydrogen-bond acceptors (Lipinski definition) is 2. The van der Waals surface area contributed by atoms with Crippen molar-refractivity contribution in [3.63, 3.8) is 0 Å². The van der Waals surface area contributed by atoms with Crippen LogP contribution in [0.25, 0.3) is 0 Å². The van der Waals surface area contributed by atoms with Crippen LogP contribution in [0.3, 0.4) is 0 Å². The molecule has 1 fully saturated rings.